The third kappa shape index (κ3) is 2.16. The molecule has 2 rings (SSSR count). The summed E-state index contributed by atoms with van der Waals surface area (Å²) in [6.45, 7) is 2.30. The zero-order valence-corrected chi connectivity index (χ0v) is 9.48. The lowest BCUT2D eigenvalue weighted by Crippen LogP contribution is -2.40. The van der Waals surface area contributed by atoms with Crippen LogP contribution in [0.25, 0.3) is 0 Å². The van der Waals surface area contributed by atoms with E-state index in [1.807, 2.05) is 4.90 Å². The van der Waals surface area contributed by atoms with Gasteiger partial charge in [0.1, 0.15) is 0 Å². The normalized spacial score (nSPS) is 31.7. The van der Waals surface area contributed by atoms with Crippen LogP contribution in [0.15, 0.2) is 0 Å². The standard InChI is InChI=1S/C11H21N3O/c1-13-9-2-3-10(13)8-14(7-5-9)11(15)4-6-12/h9-10H,2-8,12H2,1H3. The van der Waals surface area contributed by atoms with E-state index in [2.05, 4.69) is 11.9 Å². The Morgan fingerprint density at radius 2 is 2.07 bits per heavy atom. The summed E-state index contributed by atoms with van der Waals surface area (Å²) >= 11 is 0. The number of hydrogen-bond acceptors (Lipinski definition) is 3. The smallest absolute Gasteiger partial charge is 0.223 e. The van der Waals surface area contributed by atoms with Gasteiger partial charge in [-0.15, -0.1) is 0 Å². The van der Waals surface area contributed by atoms with E-state index in [1.165, 1.54) is 12.8 Å². The number of amides is 1. The molecule has 4 heteroatoms. The van der Waals surface area contributed by atoms with Gasteiger partial charge in [-0.3, -0.25) is 9.69 Å². The number of nitrogens with two attached hydrogens (primary N) is 1. The van der Waals surface area contributed by atoms with Crippen molar-refractivity contribution >= 4 is 5.91 Å². The Hall–Kier alpha value is -0.610. The minimum absolute atomic E-state index is 0.235. The van der Waals surface area contributed by atoms with E-state index < -0.39 is 0 Å². The molecule has 0 aromatic rings. The van der Waals surface area contributed by atoms with Gasteiger partial charge in [0.15, 0.2) is 0 Å². The molecule has 86 valence electrons. The fourth-order valence-electron chi connectivity index (χ4n) is 2.82. The Bertz CT molecular complexity index is 244. The van der Waals surface area contributed by atoms with Gasteiger partial charge in [-0.25, -0.2) is 0 Å². The van der Waals surface area contributed by atoms with Gasteiger partial charge in [-0.1, -0.05) is 0 Å². The molecule has 2 N–H and O–H groups in total. The predicted octanol–water partition coefficient (Wildman–Crippen LogP) is 0.0303. The second-order valence-corrected chi connectivity index (χ2v) is 4.72. The molecule has 2 aliphatic heterocycles. The van der Waals surface area contributed by atoms with Gasteiger partial charge in [0.25, 0.3) is 0 Å². The van der Waals surface area contributed by atoms with Gasteiger partial charge in [0.05, 0.1) is 0 Å². The molecule has 0 saturated carbocycles. The number of fused-ring (bicyclic) bond motifs is 2. The van der Waals surface area contributed by atoms with Crippen LogP contribution in [-0.4, -0.2) is 54.5 Å². The minimum Gasteiger partial charge on any atom is -0.341 e. The van der Waals surface area contributed by atoms with E-state index in [9.17, 15) is 4.79 Å². The van der Waals surface area contributed by atoms with E-state index in [4.69, 9.17) is 5.73 Å². The number of hydrogen-bond donors (Lipinski definition) is 1. The Morgan fingerprint density at radius 1 is 1.33 bits per heavy atom. The number of carbonyl (C=O) groups excluding carboxylic acids is 1. The fourth-order valence-corrected chi connectivity index (χ4v) is 2.82. The van der Waals surface area contributed by atoms with Gasteiger partial charge in [0.2, 0.25) is 5.91 Å². The van der Waals surface area contributed by atoms with Gasteiger partial charge in [-0.05, 0) is 26.3 Å². The summed E-state index contributed by atoms with van der Waals surface area (Å²) in [5.74, 6) is 0.235. The first-order valence-corrected chi connectivity index (χ1v) is 5.92. The van der Waals surface area contributed by atoms with Crippen LogP contribution in [0.5, 0.6) is 0 Å². The molecule has 0 aromatic heterocycles. The Balaban J connectivity index is 1.97. The molecule has 2 saturated heterocycles. The predicted molar refractivity (Wildman–Crippen MR) is 59.4 cm³/mol. The van der Waals surface area contributed by atoms with Crippen LogP contribution in [0.1, 0.15) is 25.7 Å². The number of likely N-dealkylation sites (tertiary alicyclic amines) is 1. The molecule has 4 nitrogen and oxygen atoms in total. The van der Waals surface area contributed by atoms with E-state index >= 15 is 0 Å². The Labute approximate surface area is 91.4 Å². The van der Waals surface area contributed by atoms with E-state index in [-0.39, 0.29) is 5.91 Å². The minimum atomic E-state index is 0.235. The quantitative estimate of drug-likeness (QED) is 0.701. The van der Waals surface area contributed by atoms with Crippen LogP contribution in [0, 0.1) is 0 Å². The summed E-state index contributed by atoms with van der Waals surface area (Å²) in [6.07, 6.45) is 4.18. The Morgan fingerprint density at radius 3 is 2.80 bits per heavy atom. The highest BCUT2D eigenvalue weighted by Gasteiger charge is 2.35. The number of carbonyl (C=O) groups is 1. The maximum absolute atomic E-state index is 11.8. The summed E-state index contributed by atoms with van der Waals surface area (Å²) in [5.41, 5.74) is 5.42. The van der Waals surface area contributed by atoms with E-state index in [0.29, 0.717) is 25.0 Å². The summed E-state index contributed by atoms with van der Waals surface area (Å²) in [4.78, 5) is 16.2. The van der Waals surface area contributed by atoms with Crippen molar-refractivity contribution in [3.8, 4) is 0 Å². The summed E-state index contributed by atoms with van der Waals surface area (Å²) < 4.78 is 0. The van der Waals surface area contributed by atoms with Crippen LogP contribution in [-0.2, 0) is 4.79 Å². The lowest BCUT2D eigenvalue weighted by atomic mass is 10.1. The fraction of sp³-hybridized carbons (Fsp3) is 0.909. The maximum Gasteiger partial charge on any atom is 0.223 e. The molecule has 2 aliphatic rings. The topological polar surface area (TPSA) is 49.6 Å². The third-order valence-corrected chi connectivity index (χ3v) is 3.86. The van der Waals surface area contributed by atoms with Crippen LogP contribution >= 0.6 is 0 Å². The molecule has 0 aliphatic carbocycles. The lowest BCUT2D eigenvalue weighted by molar-refractivity contribution is -0.131. The number of nitrogens with zero attached hydrogens (tertiary/aromatic N) is 2. The maximum atomic E-state index is 11.8. The molecule has 1 amide bonds. The summed E-state index contributed by atoms with van der Waals surface area (Å²) in [7, 11) is 2.19. The molecule has 0 spiro atoms. The van der Waals surface area contributed by atoms with Crippen molar-refractivity contribution in [3.63, 3.8) is 0 Å². The highest BCUT2D eigenvalue weighted by molar-refractivity contribution is 5.76. The largest absolute Gasteiger partial charge is 0.341 e. The first kappa shape index (κ1) is 10.9. The second-order valence-electron chi connectivity index (χ2n) is 4.72. The van der Waals surface area contributed by atoms with Crippen molar-refractivity contribution in [1.29, 1.82) is 0 Å². The molecule has 2 fully saturated rings. The monoisotopic (exact) mass is 211 g/mol. The summed E-state index contributed by atoms with van der Waals surface area (Å²) in [5, 5.41) is 0. The molecule has 0 radical (unpaired) electrons. The van der Waals surface area contributed by atoms with Gasteiger partial charge < -0.3 is 10.6 Å². The van der Waals surface area contributed by atoms with Crippen LogP contribution in [0.3, 0.4) is 0 Å². The molecule has 2 atom stereocenters. The van der Waals surface area contributed by atoms with E-state index in [1.54, 1.807) is 0 Å². The molecular weight excluding hydrogens is 190 g/mol. The SMILES string of the molecule is CN1C2CCC1CN(C(=O)CCN)CC2. The number of likely N-dealkylation sites (N-methyl/N-ethyl adjacent to an activating group) is 1. The molecule has 2 unspecified atom stereocenters. The average molecular weight is 211 g/mol. The van der Waals surface area contributed by atoms with Crippen molar-refractivity contribution < 1.29 is 4.79 Å². The second kappa shape index (κ2) is 4.49. The molecule has 2 heterocycles. The highest BCUT2D eigenvalue weighted by atomic mass is 16.2. The van der Waals surface area contributed by atoms with Gasteiger partial charge in [0, 0.05) is 38.1 Å². The lowest BCUT2D eigenvalue weighted by Gasteiger charge is -2.25. The van der Waals surface area contributed by atoms with Gasteiger partial charge >= 0.3 is 0 Å². The van der Waals surface area contributed by atoms with Crippen molar-refractivity contribution in [2.75, 3.05) is 26.7 Å². The van der Waals surface area contributed by atoms with Crippen molar-refractivity contribution in [3.05, 3.63) is 0 Å². The average Bonchev–Trinajstić information content (AvgIpc) is 2.41. The molecule has 0 aromatic carbocycles. The molecular formula is C11H21N3O. The first-order valence-electron chi connectivity index (χ1n) is 5.92. The third-order valence-electron chi connectivity index (χ3n) is 3.86. The first-order chi connectivity index (χ1) is 7.22. The zero-order valence-electron chi connectivity index (χ0n) is 9.48. The summed E-state index contributed by atoms with van der Waals surface area (Å²) in [6, 6.07) is 1.28. The van der Waals surface area contributed by atoms with Crippen LogP contribution < -0.4 is 5.73 Å². The van der Waals surface area contributed by atoms with E-state index in [0.717, 1.165) is 19.5 Å². The van der Waals surface area contributed by atoms with Crippen molar-refractivity contribution in [2.45, 2.75) is 37.8 Å². The van der Waals surface area contributed by atoms with Crippen molar-refractivity contribution in [2.24, 2.45) is 5.73 Å². The molecule has 2 bridgehead atoms. The Kier molecular flexibility index (Phi) is 3.26. The van der Waals surface area contributed by atoms with Crippen LogP contribution in [0.2, 0.25) is 0 Å². The van der Waals surface area contributed by atoms with Crippen molar-refractivity contribution in [1.82, 2.24) is 9.80 Å². The van der Waals surface area contributed by atoms with Gasteiger partial charge in [-0.2, -0.15) is 0 Å². The number of rotatable bonds is 2. The highest BCUT2D eigenvalue weighted by Crippen LogP contribution is 2.28. The zero-order chi connectivity index (χ0) is 10.8. The van der Waals surface area contributed by atoms with Crippen LogP contribution in [0.4, 0.5) is 0 Å². The molecule has 15 heavy (non-hydrogen) atoms.